The van der Waals surface area contributed by atoms with E-state index < -0.39 is 5.97 Å². The number of aliphatic imine (C=N–C) groups is 2. The van der Waals surface area contributed by atoms with Gasteiger partial charge >= 0.3 is 5.97 Å². The first-order valence-electron chi connectivity index (χ1n) is 15.2. The number of allylic oxidation sites excluding steroid dienone is 3. The van der Waals surface area contributed by atoms with Crippen molar-refractivity contribution in [2.24, 2.45) is 9.98 Å². The predicted octanol–water partition coefficient (Wildman–Crippen LogP) is 8.55. The van der Waals surface area contributed by atoms with E-state index in [1.807, 2.05) is 18.3 Å². The lowest BCUT2D eigenvalue weighted by molar-refractivity contribution is 0.0697. The van der Waals surface area contributed by atoms with E-state index in [9.17, 15) is 9.90 Å². The molecule has 1 aliphatic carbocycles. The van der Waals surface area contributed by atoms with Crippen LogP contribution in [0.1, 0.15) is 92.6 Å². The summed E-state index contributed by atoms with van der Waals surface area (Å²) in [5.41, 5.74) is 11.9. The summed E-state index contributed by atoms with van der Waals surface area (Å²) in [6.07, 6.45) is 13.9. The smallest absolute Gasteiger partial charge is 0.335 e. The van der Waals surface area contributed by atoms with Gasteiger partial charge in [0.25, 0.3) is 0 Å². The van der Waals surface area contributed by atoms with E-state index >= 15 is 0 Å². The summed E-state index contributed by atoms with van der Waals surface area (Å²) >= 11 is 0. The van der Waals surface area contributed by atoms with E-state index in [4.69, 9.17) is 9.73 Å². The number of carbonyl (C=O) groups is 1. The van der Waals surface area contributed by atoms with Gasteiger partial charge in [-0.05, 0) is 88.1 Å². The maximum Gasteiger partial charge on any atom is 0.335 e. The molecular formula is C35H37N3O3. The Morgan fingerprint density at radius 3 is 2.73 bits per heavy atom. The lowest BCUT2D eigenvalue weighted by Crippen LogP contribution is -2.12. The minimum atomic E-state index is -0.888. The fourth-order valence-corrected chi connectivity index (χ4v) is 7.53. The third-order valence-electron chi connectivity index (χ3n) is 9.39. The van der Waals surface area contributed by atoms with Gasteiger partial charge in [0.05, 0.1) is 29.2 Å². The normalized spacial score (nSPS) is 19.3. The number of hydrogen-bond donors (Lipinski definition) is 1. The number of nitrogens with zero attached hydrogens (tertiary/aromatic N) is 3. The van der Waals surface area contributed by atoms with Gasteiger partial charge in [0.1, 0.15) is 12.4 Å². The van der Waals surface area contributed by atoms with Gasteiger partial charge < -0.3 is 14.4 Å². The minimum Gasteiger partial charge on any atom is -0.491 e. The molecular weight excluding hydrogens is 510 g/mol. The Labute approximate surface area is 241 Å². The van der Waals surface area contributed by atoms with E-state index in [0.717, 1.165) is 59.6 Å². The van der Waals surface area contributed by atoms with Crippen LogP contribution in [0.5, 0.6) is 5.75 Å². The van der Waals surface area contributed by atoms with Crippen LogP contribution in [0, 0.1) is 0 Å². The Balaban J connectivity index is 1.43. The topological polar surface area (TPSA) is 76.2 Å². The molecule has 1 N–H and O–H groups in total. The Kier molecular flexibility index (Phi) is 6.64. The number of rotatable bonds is 3. The van der Waals surface area contributed by atoms with Crippen LogP contribution in [-0.4, -0.2) is 33.7 Å². The van der Waals surface area contributed by atoms with Gasteiger partial charge in [-0.1, -0.05) is 37.0 Å². The number of aromatic nitrogens is 1. The molecule has 1 saturated carbocycles. The SMILES string of the molecule is CC1=NC=CCC(C)=C1C1=Nc2ccc3c(c2CCC1)OCCn1c-3c(C2CCCCC2)c2ccc(C(=O)O)cc21. The summed E-state index contributed by atoms with van der Waals surface area (Å²) in [7, 11) is 0. The summed E-state index contributed by atoms with van der Waals surface area (Å²) in [5.74, 6) is 0.540. The molecule has 41 heavy (non-hydrogen) atoms. The number of carboxylic acids is 1. The largest absolute Gasteiger partial charge is 0.491 e. The van der Waals surface area contributed by atoms with Gasteiger partial charge in [-0.3, -0.25) is 9.98 Å². The van der Waals surface area contributed by atoms with Crippen LogP contribution in [0.3, 0.4) is 0 Å². The molecule has 1 aromatic heterocycles. The molecule has 6 nitrogen and oxygen atoms in total. The van der Waals surface area contributed by atoms with Crippen LogP contribution in [0.15, 0.2) is 63.7 Å². The Bertz CT molecular complexity index is 1700. The van der Waals surface area contributed by atoms with Crippen molar-refractivity contribution in [3.63, 3.8) is 0 Å². The molecule has 0 bridgehead atoms. The van der Waals surface area contributed by atoms with Crippen molar-refractivity contribution in [3.8, 4) is 17.0 Å². The van der Waals surface area contributed by atoms with Crippen LogP contribution in [0.2, 0.25) is 0 Å². The number of hydrogen-bond acceptors (Lipinski definition) is 4. The highest BCUT2D eigenvalue weighted by Crippen LogP contribution is 2.50. The summed E-state index contributed by atoms with van der Waals surface area (Å²) in [6.45, 7) is 5.51. The third kappa shape index (κ3) is 4.44. The molecule has 4 aliphatic rings. The number of fused-ring (bicyclic) bond motifs is 7. The maximum absolute atomic E-state index is 11.9. The maximum atomic E-state index is 11.9. The van der Waals surface area contributed by atoms with Crippen LogP contribution >= 0.6 is 0 Å². The molecule has 210 valence electrons. The Morgan fingerprint density at radius 1 is 1.05 bits per heavy atom. The van der Waals surface area contributed by atoms with Gasteiger partial charge in [0, 0.05) is 39.5 Å². The van der Waals surface area contributed by atoms with Crippen molar-refractivity contribution in [1.82, 2.24) is 4.57 Å². The van der Waals surface area contributed by atoms with Crippen molar-refractivity contribution in [2.45, 2.75) is 84.1 Å². The molecule has 0 atom stereocenters. The highest BCUT2D eigenvalue weighted by atomic mass is 16.5. The molecule has 0 spiro atoms. The number of ether oxygens (including phenoxy) is 1. The highest BCUT2D eigenvalue weighted by Gasteiger charge is 2.31. The number of aromatic carboxylic acids is 1. The van der Waals surface area contributed by atoms with Gasteiger partial charge in [-0.25, -0.2) is 4.79 Å². The monoisotopic (exact) mass is 547 g/mol. The Morgan fingerprint density at radius 2 is 1.90 bits per heavy atom. The van der Waals surface area contributed by atoms with E-state index in [1.165, 1.54) is 65.5 Å². The molecule has 6 heteroatoms. The molecule has 2 aromatic carbocycles. The lowest BCUT2D eigenvalue weighted by atomic mass is 9.81. The zero-order valence-electron chi connectivity index (χ0n) is 24.0. The minimum absolute atomic E-state index is 0.333. The second-order valence-electron chi connectivity index (χ2n) is 11.9. The summed E-state index contributed by atoms with van der Waals surface area (Å²) in [5, 5.41) is 11.0. The first-order chi connectivity index (χ1) is 20.0. The molecule has 0 saturated heterocycles. The average Bonchev–Trinajstić information content (AvgIpc) is 3.17. The quantitative estimate of drug-likeness (QED) is 0.357. The van der Waals surface area contributed by atoms with E-state index in [0.29, 0.717) is 24.6 Å². The molecule has 0 radical (unpaired) electrons. The van der Waals surface area contributed by atoms with Gasteiger partial charge in [0.2, 0.25) is 0 Å². The van der Waals surface area contributed by atoms with Crippen LogP contribution in [-0.2, 0) is 13.0 Å². The molecule has 4 heterocycles. The fraction of sp³-hybridized carbons (Fsp3) is 0.400. The zero-order valence-corrected chi connectivity index (χ0v) is 24.0. The van der Waals surface area contributed by atoms with Crippen LogP contribution < -0.4 is 4.74 Å². The lowest BCUT2D eigenvalue weighted by Gasteiger charge is -2.24. The molecule has 7 rings (SSSR count). The second-order valence-corrected chi connectivity index (χ2v) is 11.9. The predicted molar refractivity (Wildman–Crippen MR) is 165 cm³/mol. The van der Waals surface area contributed by atoms with Crippen molar-refractivity contribution < 1.29 is 14.6 Å². The van der Waals surface area contributed by atoms with Crippen molar-refractivity contribution >= 4 is 34.0 Å². The zero-order chi connectivity index (χ0) is 28.1. The summed E-state index contributed by atoms with van der Waals surface area (Å²) in [6, 6.07) is 10.1. The van der Waals surface area contributed by atoms with Crippen molar-refractivity contribution in [1.29, 1.82) is 0 Å². The van der Waals surface area contributed by atoms with Gasteiger partial charge in [-0.15, -0.1) is 0 Å². The summed E-state index contributed by atoms with van der Waals surface area (Å²) < 4.78 is 8.94. The third-order valence-corrected chi connectivity index (χ3v) is 9.39. The van der Waals surface area contributed by atoms with Crippen LogP contribution in [0.25, 0.3) is 22.2 Å². The average molecular weight is 548 g/mol. The number of carboxylic acid groups (broad SMARTS) is 1. The van der Waals surface area contributed by atoms with E-state index in [-0.39, 0.29) is 0 Å². The first kappa shape index (κ1) is 26.0. The Hall–Kier alpha value is -3.93. The fourth-order valence-electron chi connectivity index (χ4n) is 7.53. The van der Waals surface area contributed by atoms with Crippen LogP contribution in [0.4, 0.5) is 5.69 Å². The van der Waals surface area contributed by atoms with E-state index in [1.54, 1.807) is 6.07 Å². The van der Waals surface area contributed by atoms with Gasteiger partial charge in [0.15, 0.2) is 0 Å². The van der Waals surface area contributed by atoms with Gasteiger partial charge in [-0.2, -0.15) is 0 Å². The van der Waals surface area contributed by atoms with E-state index in [2.05, 4.69) is 41.6 Å². The molecule has 3 aromatic rings. The molecule has 0 amide bonds. The molecule has 1 fully saturated rings. The number of benzene rings is 2. The van der Waals surface area contributed by atoms with Crippen molar-refractivity contribution in [3.05, 3.63) is 70.4 Å². The molecule has 0 unspecified atom stereocenters. The van der Waals surface area contributed by atoms with Crippen molar-refractivity contribution in [2.75, 3.05) is 6.61 Å². The second kappa shape index (κ2) is 10.5. The summed E-state index contributed by atoms with van der Waals surface area (Å²) in [4.78, 5) is 21.9. The highest BCUT2D eigenvalue weighted by molar-refractivity contribution is 6.25. The first-order valence-corrected chi connectivity index (χ1v) is 15.2. The molecule has 3 aliphatic heterocycles. The standard InChI is InChI=1S/C35H37N3O3/c1-21-8-7-17-36-22(2)31(21)29-12-6-11-25-28(37-29)16-15-27-33-32(23-9-4-3-5-10-23)26-14-13-24(35(39)40)20-30(26)38(33)18-19-41-34(25)27/h7,13-17,20,23H,3-6,8-12,18-19H2,1-2H3,(H,39,40).